The highest BCUT2D eigenvalue weighted by Gasteiger charge is 2.19. The number of ether oxygens (including phenoxy) is 2. The summed E-state index contributed by atoms with van der Waals surface area (Å²) in [5, 5.41) is 2.96. The van der Waals surface area contributed by atoms with Crippen LogP contribution in [-0.4, -0.2) is 33.8 Å². The van der Waals surface area contributed by atoms with Gasteiger partial charge in [0.2, 0.25) is 5.91 Å². The van der Waals surface area contributed by atoms with Crippen molar-refractivity contribution in [1.29, 1.82) is 0 Å². The standard InChI is InChI=1S/C17H18ClNO5S/c1-3-24-15-9-6-13(10-16(15)23-2)19-17(20)11-25(21,22)14-7-4-12(18)5-8-14/h4-10H,3,11H2,1-2H3,(H,19,20). The molecule has 0 aliphatic rings. The molecule has 0 unspecified atom stereocenters. The second kappa shape index (κ2) is 8.22. The summed E-state index contributed by atoms with van der Waals surface area (Å²) in [6.07, 6.45) is 0. The van der Waals surface area contributed by atoms with E-state index in [1.807, 2.05) is 6.92 Å². The van der Waals surface area contributed by atoms with Gasteiger partial charge in [-0.15, -0.1) is 0 Å². The summed E-state index contributed by atoms with van der Waals surface area (Å²) in [6, 6.07) is 10.5. The fourth-order valence-electron chi connectivity index (χ4n) is 2.12. The van der Waals surface area contributed by atoms with Gasteiger partial charge in [-0.3, -0.25) is 4.79 Å². The summed E-state index contributed by atoms with van der Waals surface area (Å²) in [7, 11) is -2.27. The average molecular weight is 384 g/mol. The number of nitrogens with one attached hydrogen (secondary N) is 1. The van der Waals surface area contributed by atoms with E-state index in [1.54, 1.807) is 18.2 Å². The average Bonchev–Trinajstić information content (AvgIpc) is 2.56. The maximum absolute atomic E-state index is 12.3. The number of benzene rings is 2. The Bertz CT molecular complexity index is 850. The lowest BCUT2D eigenvalue weighted by Gasteiger charge is -2.12. The first-order valence-corrected chi connectivity index (χ1v) is 9.47. The van der Waals surface area contributed by atoms with Crippen LogP contribution in [0.5, 0.6) is 11.5 Å². The molecule has 0 saturated carbocycles. The number of halogens is 1. The summed E-state index contributed by atoms with van der Waals surface area (Å²) >= 11 is 5.74. The Labute approximate surface area is 151 Å². The predicted octanol–water partition coefficient (Wildman–Crippen LogP) is 3.16. The van der Waals surface area contributed by atoms with Gasteiger partial charge in [-0.2, -0.15) is 0 Å². The van der Waals surface area contributed by atoms with Crippen molar-refractivity contribution >= 4 is 33.0 Å². The van der Waals surface area contributed by atoms with Crippen LogP contribution in [0, 0.1) is 0 Å². The molecular formula is C17H18ClNO5S. The maximum atomic E-state index is 12.3. The first-order chi connectivity index (χ1) is 11.9. The molecule has 0 aliphatic heterocycles. The van der Waals surface area contributed by atoms with Crippen LogP contribution in [-0.2, 0) is 14.6 Å². The van der Waals surface area contributed by atoms with E-state index in [-0.39, 0.29) is 4.90 Å². The van der Waals surface area contributed by atoms with Gasteiger partial charge in [-0.1, -0.05) is 11.6 Å². The Balaban J connectivity index is 2.10. The molecule has 0 fully saturated rings. The molecule has 0 atom stereocenters. The van der Waals surface area contributed by atoms with Gasteiger partial charge < -0.3 is 14.8 Å². The second-order valence-corrected chi connectivity index (χ2v) is 7.49. The molecule has 134 valence electrons. The van der Waals surface area contributed by atoms with Crippen molar-refractivity contribution in [1.82, 2.24) is 0 Å². The number of carbonyl (C=O) groups is 1. The highest BCUT2D eigenvalue weighted by molar-refractivity contribution is 7.92. The number of carbonyl (C=O) groups excluding carboxylic acids is 1. The molecule has 2 aromatic carbocycles. The van der Waals surface area contributed by atoms with Crippen LogP contribution in [0.25, 0.3) is 0 Å². The zero-order valence-electron chi connectivity index (χ0n) is 13.8. The third-order valence-corrected chi connectivity index (χ3v) is 5.13. The van der Waals surface area contributed by atoms with Crippen LogP contribution in [0.2, 0.25) is 5.02 Å². The third-order valence-electron chi connectivity index (χ3n) is 3.24. The minimum absolute atomic E-state index is 0.0383. The van der Waals surface area contributed by atoms with E-state index in [2.05, 4.69) is 5.32 Å². The fourth-order valence-corrected chi connectivity index (χ4v) is 3.38. The largest absolute Gasteiger partial charge is 0.493 e. The number of methoxy groups -OCH3 is 1. The first-order valence-electron chi connectivity index (χ1n) is 7.44. The first kappa shape index (κ1) is 19.1. The maximum Gasteiger partial charge on any atom is 0.239 e. The van der Waals surface area contributed by atoms with E-state index in [0.717, 1.165) is 0 Å². The van der Waals surface area contributed by atoms with E-state index in [9.17, 15) is 13.2 Å². The van der Waals surface area contributed by atoms with Gasteiger partial charge >= 0.3 is 0 Å². The van der Waals surface area contributed by atoms with Gasteiger partial charge in [0, 0.05) is 16.8 Å². The molecule has 1 N–H and O–H groups in total. The monoisotopic (exact) mass is 383 g/mol. The van der Waals surface area contributed by atoms with E-state index in [0.29, 0.717) is 28.8 Å². The lowest BCUT2D eigenvalue weighted by atomic mass is 10.2. The van der Waals surface area contributed by atoms with E-state index < -0.39 is 21.5 Å². The molecule has 6 nitrogen and oxygen atoms in total. The van der Waals surface area contributed by atoms with Gasteiger partial charge in [0.25, 0.3) is 0 Å². The van der Waals surface area contributed by atoms with Gasteiger partial charge in [0.15, 0.2) is 21.3 Å². The van der Waals surface area contributed by atoms with Crippen LogP contribution in [0.1, 0.15) is 6.92 Å². The molecule has 0 bridgehead atoms. The zero-order chi connectivity index (χ0) is 18.4. The molecule has 0 spiro atoms. The molecule has 0 aliphatic carbocycles. The number of rotatable bonds is 7. The minimum atomic E-state index is -3.76. The molecule has 0 heterocycles. The molecule has 1 amide bonds. The topological polar surface area (TPSA) is 81.7 Å². The summed E-state index contributed by atoms with van der Waals surface area (Å²) in [6.45, 7) is 2.32. The summed E-state index contributed by atoms with van der Waals surface area (Å²) in [4.78, 5) is 12.1. The van der Waals surface area contributed by atoms with Crippen LogP contribution < -0.4 is 14.8 Å². The zero-order valence-corrected chi connectivity index (χ0v) is 15.4. The molecule has 0 radical (unpaired) electrons. The highest BCUT2D eigenvalue weighted by atomic mass is 35.5. The lowest BCUT2D eigenvalue weighted by Crippen LogP contribution is -2.23. The second-order valence-electron chi connectivity index (χ2n) is 5.06. The summed E-state index contributed by atoms with van der Waals surface area (Å²) in [5.41, 5.74) is 0.414. The van der Waals surface area contributed by atoms with Crippen molar-refractivity contribution in [3.63, 3.8) is 0 Å². The quantitative estimate of drug-likeness (QED) is 0.794. The van der Waals surface area contributed by atoms with E-state index >= 15 is 0 Å². The number of sulfone groups is 1. The number of hydrogen-bond donors (Lipinski definition) is 1. The fraction of sp³-hybridized carbons (Fsp3) is 0.235. The van der Waals surface area contributed by atoms with E-state index in [4.69, 9.17) is 21.1 Å². The smallest absolute Gasteiger partial charge is 0.239 e. The van der Waals surface area contributed by atoms with Gasteiger partial charge in [-0.05, 0) is 43.3 Å². The number of hydrogen-bond acceptors (Lipinski definition) is 5. The predicted molar refractivity (Wildman–Crippen MR) is 96.3 cm³/mol. The van der Waals surface area contributed by atoms with Crippen molar-refractivity contribution in [2.45, 2.75) is 11.8 Å². The summed E-state index contributed by atoms with van der Waals surface area (Å²) in [5.74, 6) is -0.345. The van der Waals surface area contributed by atoms with Crippen LogP contribution in [0.4, 0.5) is 5.69 Å². The Kier molecular flexibility index (Phi) is 6.27. The minimum Gasteiger partial charge on any atom is -0.493 e. The van der Waals surface area contributed by atoms with Crippen molar-refractivity contribution < 1.29 is 22.7 Å². The van der Waals surface area contributed by atoms with Crippen LogP contribution >= 0.6 is 11.6 Å². The molecule has 0 saturated heterocycles. The molecular weight excluding hydrogens is 366 g/mol. The third kappa shape index (κ3) is 5.11. The molecule has 25 heavy (non-hydrogen) atoms. The van der Waals surface area contributed by atoms with Gasteiger partial charge in [0.05, 0.1) is 18.6 Å². The Morgan fingerprint density at radius 1 is 1.12 bits per heavy atom. The highest BCUT2D eigenvalue weighted by Crippen LogP contribution is 2.30. The Morgan fingerprint density at radius 3 is 2.40 bits per heavy atom. The van der Waals surface area contributed by atoms with Gasteiger partial charge in [0.1, 0.15) is 5.75 Å². The molecule has 8 heteroatoms. The number of amides is 1. The Morgan fingerprint density at radius 2 is 1.80 bits per heavy atom. The van der Waals surface area contributed by atoms with Crippen molar-refractivity contribution in [2.75, 3.05) is 24.8 Å². The van der Waals surface area contributed by atoms with Gasteiger partial charge in [-0.25, -0.2) is 8.42 Å². The molecule has 2 aromatic rings. The van der Waals surface area contributed by atoms with Crippen molar-refractivity contribution in [3.05, 3.63) is 47.5 Å². The number of anilines is 1. The van der Waals surface area contributed by atoms with Crippen molar-refractivity contribution in [3.8, 4) is 11.5 Å². The lowest BCUT2D eigenvalue weighted by molar-refractivity contribution is -0.113. The molecule has 2 rings (SSSR count). The van der Waals surface area contributed by atoms with E-state index in [1.165, 1.54) is 31.4 Å². The summed E-state index contributed by atoms with van der Waals surface area (Å²) < 4.78 is 35.1. The van der Waals surface area contributed by atoms with Crippen LogP contribution in [0.3, 0.4) is 0 Å². The Hall–Kier alpha value is -2.25. The molecule has 0 aromatic heterocycles. The van der Waals surface area contributed by atoms with Crippen LogP contribution in [0.15, 0.2) is 47.4 Å². The van der Waals surface area contributed by atoms with Crippen molar-refractivity contribution in [2.24, 2.45) is 0 Å². The normalized spacial score (nSPS) is 11.0. The SMILES string of the molecule is CCOc1ccc(NC(=O)CS(=O)(=O)c2ccc(Cl)cc2)cc1OC.